The number of piperidine rings is 1. The van der Waals surface area contributed by atoms with Gasteiger partial charge in [0.1, 0.15) is 0 Å². The average molecular weight is 364 g/mol. The van der Waals surface area contributed by atoms with Gasteiger partial charge in [0, 0.05) is 24.0 Å². The summed E-state index contributed by atoms with van der Waals surface area (Å²) in [5.41, 5.74) is 4.31. The summed E-state index contributed by atoms with van der Waals surface area (Å²) >= 11 is 0. The van der Waals surface area contributed by atoms with Gasteiger partial charge in [-0.2, -0.15) is 0 Å². The van der Waals surface area contributed by atoms with Crippen molar-refractivity contribution in [3.05, 3.63) is 59.7 Å². The molecule has 2 heterocycles. The van der Waals surface area contributed by atoms with Crippen molar-refractivity contribution in [1.29, 1.82) is 0 Å². The van der Waals surface area contributed by atoms with Crippen LogP contribution in [0.2, 0.25) is 0 Å². The van der Waals surface area contributed by atoms with Gasteiger partial charge in [0.05, 0.1) is 5.41 Å². The zero-order valence-electron chi connectivity index (χ0n) is 16.5. The van der Waals surface area contributed by atoms with Gasteiger partial charge in [-0.05, 0) is 76.2 Å². The normalized spacial score (nSPS) is 19.0. The van der Waals surface area contributed by atoms with Crippen LogP contribution in [0.15, 0.2) is 48.5 Å². The van der Waals surface area contributed by atoms with Crippen LogP contribution < -0.4 is 10.2 Å². The van der Waals surface area contributed by atoms with Gasteiger partial charge in [0.25, 0.3) is 0 Å². The van der Waals surface area contributed by atoms with Crippen LogP contribution in [0.3, 0.4) is 0 Å². The number of amides is 1. The van der Waals surface area contributed by atoms with Crippen LogP contribution in [-0.2, 0) is 16.8 Å². The number of benzene rings is 2. The number of nitrogens with one attached hydrogen (secondary N) is 1. The van der Waals surface area contributed by atoms with Crippen LogP contribution in [-0.4, -0.2) is 37.0 Å². The van der Waals surface area contributed by atoms with E-state index in [1.54, 1.807) is 0 Å². The van der Waals surface area contributed by atoms with Crippen molar-refractivity contribution in [2.45, 2.75) is 44.7 Å². The molecule has 4 nitrogen and oxygen atoms in total. The van der Waals surface area contributed by atoms with Gasteiger partial charge in [0.2, 0.25) is 5.91 Å². The summed E-state index contributed by atoms with van der Waals surface area (Å²) in [4.78, 5) is 17.8. The lowest BCUT2D eigenvalue weighted by Gasteiger charge is -2.37. The van der Waals surface area contributed by atoms with Crippen LogP contribution >= 0.6 is 0 Å². The number of rotatable bonds is 4. The first kappa shape index (κ1) is 18.1. The van der Waals surface area contributed by atoms with Gasteiger partial charge in [-0.25, -0.2) is 0 Å². The predicted molar refractivity (Wildman–Crippen MR) is 111 cm³/mol. The Balaban J connectivity index is 1.67. The van der Waals surface area contributed by atoms with Crippen LogP contribution in [0.4, 0.5) is 11.4 Å². The molecular formula is C23H29N3O. The van der Waals surface area contributed by atoms with E-state index in [0.717, 1.165) is 43.9 Å². The van der Waals surface area contributed by atoms with E-state index in [4.69, 9.17) is 0 Å². The summed E-state index contributed by atoms with van der Waals surface area (Å²) in [5.74, 6) is 0.292. The van der Waals surface area contributed by atoms with Crippen LogP contribution in [0, 0.1) is 0 Å². The summed E-state index contributed by atoms with van der Waals surface area (Å²) in [5, 5.41) is 3.54. The molecule has 2 aliphatic heterocycles. The molecule has 4 rings (SSSR count). The molecule has 0 aliphatic carbocycles. The SMILES string of the molecule is CC(C)N1C(=O)C2(CCN(C)CC2)c2cc(NCc3ccccc3)ccc21. The molecule has 0 unspecified atom stereocenters. The zero-order chi connectivity index (χ0) is 19.0. The molecule has 1 N–H and O–H groups in total. The lowest BCUT2D eigenvalue weighted by molar-refractivity contribution is -0.125. The Kier molecular flexibility index (Phi) is 4.68. The Morgan fingerprint density at radius 2 is 1.78 bits per heavy atom. The molecule has 0 atom stereocenters. The summed E-state index contributed by atoms with van der Waals surface area (Å²) in [6.45, 7) is 6.95. The number of anilines is 2. The van der Waals surface area contributed by atoms with E-state index >= 15 is 0 Å². The highest BCUT2D eigenvalue weighted by Crippen LogP contribution is 2.49. The second kappa shape index (κ2) is 7.01. The first-order chi connectivity index (χ1) is 13.0. The molecular weight excluding hydrogens is 334 g/mol. The highest BCUT2D eigenvalue weighted by Gasteiger charge is 2.52. The van der Waals surface area contributed by atoms with E-state index in [2.05, 4.69) is 73.6 Å². The van der Waals surface area contributed by atoms with Gasteiger partial charge in [-0.3, -0.25) is 4.79 Å². The lowest BCUT2D eigenvalue weighted by Crippen LogP contribution is -2.49. The van der Waals surface area contributed by atoms with Crippen molar-refractivity contribution in [1.82, 2.24) is 4.90 Å². The molecule has 2 aliphatic rings. The summed E-state index contributed by atoms with van der Waals surface area (Å²) < 4.78 is 0. The zero-order valence-corrected chi connectivity index (χ0v) is 16.5. The minimum atomic E-state index is -0.351. The fraction of sp³-hybridized carbons (Fsp3) is 0.435. The topological polar surface area (TPSA) is 35.6 Å². The molecule has 4 heteroatoms. The smallest absolute Gasteiger partial charge is 0.238 e. The number of likely N-dealkylation sites (tertiary alicyclic amines) is 1. The minimum absolute atomic E-state index is 0.179. The van der Waals surface area contributed by atoms with Gasteiger partial charge in [-0.1, -0.05) is 30.3 Å². The number of carbonyl (C=O) groups excluding carboxylic acids is 1. The fourth-order valence-corrected chi connectivity index (χ4v) is 4.49. The van der Waals surface area contributed by atoms with E-state index in [1.165, 1.54) is 11.1 Å². The van der Waals surface area contributed by atoms with Crippen molar-refractivity contribution in [3.8, 4) is 0 Å². The first-order valence-electron chi connectivity index (χ1n) is 9.96. The van der Waals surface area contributed by atoms with Crippen molar-refractivity contribution < 1.29 is 4.79 Å². The molecule has 0 radical (unpaired) electrons. The third-order valence-corrected chi connectivity index (χ3v) is 6.10. The molecule has 1 fully saturated rings. The summed E-state index contributed by atoms with van der Waals surface area (Å²) in [6.07, 6.45) is 1.81. The lowest BCUT2D eigenvalue weighted by atomic mass is 9.73. The molecule has 1 amide bonds. The standard InChI is InChI=1S/C23H29N3O/c1-17(2)26-21-10-9-19(24-16-18-7-5-4-6-8-18)15-20(21)23(22(26)27)11-13-25(3)14-12-23/h4-10,15,17,24H,11-14,16H2,1-3H3. The monoisotopic (exact) mass is 363 g/mol. The van der Waals surface area contributed by atoms with Crippen molar-refractivity contribution >= 4 is 17.3 Å². The molecule has 27 heavy (non-hydrogen) atoms. The molecule has 1 spiro atoms. The highest BCUT2D eigenvalue weighted by atomic mass is 16.2. The van der Waals surface area contributed by atoms with Gasteiger partial charge >= 0.3 is 0 Å². The van der Waals surface area contributed by atoms with Gasteiger partial charge in [-0.15, -0.1) is 0 Å². The largest absolute Gasteiger partial charge is 0.381 e. The number of carbonyl (C=O) groups is 1. The van der Waals surface area contributed by atoms with Crippen LogP contribution in [0.1, 0.15) is 37.8 Å². The van der Waals surface area contributed by atoms with Gasteiger partial charge < -0.3 is 15.1 Å². The Morgan fingerprint density at radius 1 is 1.07 bits per heavy atom. The summed E-state index contributed by atoms with van der Waals surface area (Å²) in [7, 11) is 2.14. The minimum Gasteiger partial charge on any atom is -0.381 e. The molecule has 142 valence electrons. The van der Waals surface area contributed by atoms with Crippen molar-refractivity contribution in [2.75, 3.05) is 30.4 Å². The molecule has 2 aromatic rings. The Hall–Kier alpha value is -2.33. The van der Waals surface area contributed by atoms with E-state index in [1.807, 2.05) is 11.0 Å². The molecule has 1 saturated heterocycles. The number of hydrogen-bond acceptors (Lipinski definition) is 3. The molecule has 0 saturated carbocycles. The number of nitrogens with zero attached hydrogens (tertiary/aromatic N) is 2. The van der Waals surface area contributed by atoms with Crippen molar-refractivity contribution in [2.24, 2.45) is 0 Å². The van der Waals surface area contributed by atoms with Crippen molar-refractivity contribution in [3.63, 3.8) is 0 Å². The highest BCUT2D eigenvalue weighted by molar-refractivity contribution is 6.09. The van der Waals surface area contributed by atoms with E-state index in [9.17, 15) is 4.79 Å². The number of hydrogen-bond donors (Lipinski definition) is 1. The molecule has 2 aromatic carbocycles. The van der Waals surface area contributed by atoms with E-state index < -0.39 is 0 Å². The second-order valence-corrected chi connectivity index (χ2v) is 8.23. The van der Waals surface area contributed by atoms with Crippen LogP contribution in [0.25, 0.3) is 0 Å². The van der Waals surface area contributed by atoms with E-state index in [-0.39, 0.29) is 11.5 Å². The van der Waals surface area contributed by atoms with E-state index in [0.29, 0.717) is 5.91 Å². The maximum atomic E-state index is 13.5. The molecule has 0 bridgehead atoms. The Morgan fingerprint density at radius 3 is 2.44 bits per heavy atom. The Labute approximate surface area is 162 Å². The third-order valence-electron chi connectivity index (χ3n) is 6.10. The average Bonchev–Trinajstić information content (AvgIpc) is 2.91. The van der Waals surface area contributed by atoms with Gasteiger partial charge in [0.15, 0.2) is 0 Å². The van der Waals surface area contributed by atoms with Crippen LogP contribution in [0.5, 0.6) is 0 Å². The quantitative estimate of drug-likeness (QED) is 0.891. The molecule has 0 aromatic heterocycles. The summed E-state index contributed by atoms with van der Waals surface area (Å²) in [6, 6.07) is 17.1. The Bertz CT molecular complexity index is 823. The first-order valence-corrected chi connectivity index (χ1v) is 9.96. The fourth-order valence-electron chi connectivity index (χ4n) is 4.49. The maximum absolute atomic E-state index is 13.5. The predicted octanol–water partition coefficient (Wildman–Crippen LogP) is 4.02. The third kappa shape index (κ3) is 3.12. The second-order valence-electron chi connectivity index (χ2n) is 8.23. The maximum Gasteiger partial charge on any atom is 0.238 e. The number of fused-ring (bicyclic) bond motifs is 2.